The van der Waals surface area contributed by atoms with E-state index in [4.69, 9.17) is 0 Å². The van der Waals surface area contributed by atoms with Crippen molar-refractivity contribution in [1.29, 1.82) is 0 Å². The maximum Gasteiger partial charge on any atom is 0.253 e. The Morgan fingerprint density at radius 1 is 1.23 bits per heavy atom. The molecule has 1 aromatic carbocycles. The van der Waals surface area contributed by atoms with E-state index in [9.17, 15) is 13.2 Å². The number of nitrogens with zero attached hydrogens (tertiary/aromatic N) is 1. The average molecular weight is 324 g/mol. The predicted molar refractivity (Wildman–Crippen MR) is 87.4 cm³/mol. The third-order valence-corrected chi connectivity index (χ3v) is 5.71. The molecule has 0 bridgehead atoms. The van der Waals surface area contributed by atoms with Crippen LogP contribution in [-0.2, 0) is 10.0 Å². The van der Waals surface area contributed by atoms with Crippen LogP contribution in [0.1, 0.15) is 41.3 Å². The molecule has 0 unspecified atom stereocenters. The molecular weight excluding hydrogens is 300 g/mol. The first-order valence-corrected chi connectivity index (χ1v) is 9.34. The van der Waals surface area contributed by atoms with E-state index in [0.29, 0.717) is 31.5 Å². The first-order chi connectivity index (χ1) is 10.3. The number of carbonyl (C=O) groups is 1. The molecule has 0 spiro atoms. The molecule has 5 nitrogen and oxygen atoms in total. The minimum Gasteiger partial charge on any atom is -0.339 e. The summed E-state index contributed by atoms with van der Waals surface area (Å²) in [4.78, 5) is 14.3. The smallest absolute Gasteiger partial charge is 0.253 e. The highest BCUT2D eigenvalue weighted by molar-refractivity contribution is 7.89. The Morgan fingerprint density at radius 3 is 2.41 bits per heavy atom. The monoisotopic (exact) mass is 324 g/mol. The summed E-state index contributed by atoms with van der Waals surface area (Å²) in [6.45, 7) is 6.82. The van der Waals surface area contributed by atoms with E-state index >= 15 is 0 Å². The summed E-state index contributed by atoms with van der Waals surface area (Å²) in [7, 11) is -3.17. The largest absolute Gasteiger partial charge is 0.339 e. The number of hydrogen-bond donors (Lipinski definition) is 1. The van der Waals surface area contributed by atoms with Crippen molar-refractivity contribution in [3.8, 4) is 0 Å². The van der Waals surface area contributed by atoms with Gasteiger partial charge in [0.15, 0.2) is 0 Å². The Balaban J connectivity index is 1.96. The number of sulfonamides is 1. The van der Waals surface area contributed by atoms with Gasteiger partial charge in [-0.2, -0.15) is 0 Å². The van der Waals surface area contributed by atoms with Gasteiger partial charge in [-0.3, -0.25) is 4.79 Å². The second-order valence-corrected chi connectivity index (χ2v) is 7.93. The number of rotatable bonds is 4. The summed E-state index contributed by atoms with van der Waals surface area (Å²) in [6, 6.07) is 5.68. The molecule has 1 heterocycles. The van der Waals surface area contributed by atoms with Gasteiger partial charge in [0.2, 0.25) is 10.0 Å². The first kappa shape index (κ1) is 17.0. The number of aryl methyl sites for hydroxylation is 2. The van der Waals surface area contributed by atoms with E-state index in [1.807, 2.05) is 32.0 Å². The number of likely N-dealkylation sites (tertiary alicyclic amines) is 1. The van der Waals surface area contributed by atoms with Crippen molar-refractivity contribution in [2.24, 2.45) is 0 Å². The number of benzene rings is 1. The van der Waals surface area contributed by atoms with Crippen molar-refractivity contribution in [3.05, 3.63) is 34.9 Å². The quantitative estimate of drug-likeness (QED) is 0.919. The molecule has 1 aromatic rings. The number of hydrogen-bond acceptors (Lipinski definition) is 3. The molecular formula is C16H24N2O3S. The fraction of sp³-hybridized carbons (Fsp3) is 0.562. The second kappa shape index (κ2) is 6.79. The molecule has 1 amide bonds. The minimum atomic E-state index is -3.17. The summed E-state index contributed by atoms with van der Waals surface area (Å²) in [5, 5.41) is 0. The summed E-state index contributed by atoms with van der Waals surface area (Å²) in [5.74, 6) is 0.120. The Labute approximate surface area is 132 Å². The summed E-state index contributed by atoms with van der Waals surface area (Å²) in [5.41, 5.74) is 2.98. The highest BCUT2D eigenvalue weighted by Gasteiger charge is 2.25. The topological polar surface area (TPSA) is 66.5 Å². The lowest BCUT2D eigenvalue weighted by molar-refractivity contribution is 0.0711. The zero-order valence-corrected chi connectivity index (χ0v) is 14.2. The predicted octanol–water partition coefficient (Wildman–Crippen LogP) is 1.85. The van der Waals surface area contributed by atoms with Gasteiger partial charge in [0.05, 0.1) is 5.75 Å². The SMILES string of the molecule is CCS(=O)(=O)NC1CCN(C(=O)c2ccc(C)c(C)c2)CC1. The van der Waals surface area contributed by atoms with Crippen LogP contribution in [0.4, 0.5) is 0 Å². The number of piperidine rings is 1. The lowest BCUT2D eigenvalue weighted by Gasteiger charge is -2.32. The molecule has 0 aliphatic carbocycles. The van der Waals surface area contributed by atoms with Crippen LogP contribution >= 0.6 is 0 Å². The molecule has 122 valence electrons. The lowest BCUT2D eigenvalue weighted by atomic mass is 10.0. The molecule has 22 heavy (non-hydrogen) atoms. The molecule has 0 saturated carbocycles. The maximum absolute atomic E-state index is 12.5. The van der Waals surface area contributed by atoms with E-state index in [2.05, 4.69) is 4.72 Å². The molecule has 6 heteroatoms. The van der Waals surface area contributed by atoms with E-state index in [0.717, 1.165) is 5.56 Å². The van der Waals surface area contributed by atoms with Crippen molar-refractivity contribution < 1.29 is 13.2 Å². The van der Waals surface area contributed by atoms with Gasteiger partial charge in [-0.25, -0.2) is 13.1 Å². The Morgan fingerprint density at radius 2 is 1.86 bits per heavy atom. The van der Waals surface area contributed by atoms with Crippen LogP contribution in [0, 0.1) is 13.8 Å². The van der Waals surface area contributed by atoms with Gasteiger partial charge in [0.25, 0.3) is 5.91 Å². The summed E-state index contributed by atoms with van der Waals surface area (Å²) < 4.78 is 25.9. The minimum absolute atomic E-state index is 0.0277. The van der Waals surface area contributed by atoms with Crippen molar-refractivity contribution in [3.63, 3.8) is 0 Å². The Bertz CT molecular complexity index is 647. The standard InChI is InChI=1S/C16H24N2O3S/c1-4-22(20,21)17-15-7-9-18(10-8-15)16(19)14-6-5-12(2)13(3)11-14/h5-6,11,15,17H,4,7-10H2,1-3H3. The average Bonchev–Trinajstić information content (AvgIpc) is 2.50. The van der Waals surface area contributed by atoms with Crippen molar-refractivity contribution in [1.82, 2.24) is 9.62 Å². The molecule has 1 fully saturated rings. The van der Waals surface area contributed by atoms with Crippen molar-refractivity contribution in [2.75, 3.05) is 18.8 Å². The van der Waals surface area contributed by atoms with Gasteiger partial charge in [-0.05, 0) is 56.9 Å². The van der Waals surface area contributed by atoms with Crippen LogP contribution in [0.2, 0.25) is 0 Å². The van der Waals surface area contributed by atoms with Crippen molar-refractivity contribution in [2.45, 2.75) is 39.7 Å². The number of nitrogens with one attached hydrogen (secondary N) is 1. The molecule has 1 aliphatic heterocycles. The van der Waals surface area contributed by atoms with Gasteiger partial charge in [-0.15, -0.1) is 0 Å². The normalized spacial score (nSPS) is 16.8. The lowest BCUT2D eigenvalue weighted by Crippen LogP contribution is -2.46. The van der Waals surface area contributed by atoms with Crippen LogP contribution in [0.3, 0.4) is 0 Å². The van der Waals surface area contributed by atoms with Gasteiger partial charge in [0.1, 0.15) is 0 Å². The summed E-state index contributed by atoms with van der Waals surface area (Å²) in [6.07, 6.45) is 1.33. The van der Waals surface area contributed by atoms with Gasteiger partial charge < -0.3 is 4.90 Å². The van der Waals surface area contributed by atoms with E-state index in [-0.39, 0.29) is 17.7 Å². The fourth-order valence-electron chi connectivity index (χ4n) is 2.59. The van der Waals surface area contributed by atoms with Crippen molar-refractivity contribution >= 4 is 15.9 Å². The Kier molecular flexibility index (Phi) is 5.24. The molecule has 1 saturated heterocycles. The fourth-order valence-corrected chi connectivity index (χ4v) is 3.50. The highest BCUT2D eigenvalue weighted by Crippen LogP contribution is 2.17. The number of amides is 1. The van der Waals surface area contributed by atoms with Crippen LogP contribution in [0.15, 0.2) is 18.2 Å². The second-order valence-electron chi connectivity index (χ2n) is 5.89. The molecule has 0 radical (unpaired) electrons. The Hall–Kier alpha value is -1.40. The van der Waals surface area contributed by atoms with Crippen LogP contribution in [-0.4, -0.2) is 44.1 Å². The third kappa shape index (κ3) is 4.08. The van der Waals surface area contributed by atoms with Gasteiger partial charge >= 0.3 is 0 Å². The summed E-state index contributed by atoms with van der Waals surface area (Å²) >= 11 is 0. The molecule has 1 aliphatic rings. The van der Waals surface area contributed by atoms with Gasteiger partial charge in [-0.1, -0.05) is 6.07 Å². The zero-order chi connectivity index (χ0) is 16.3. The molecule has 1 N–H and O–H groups in total. The highest BCUT2D eigenvalue weighted by atomic mass is 32.2. The first-order valence-electron chi connectivity index (χ1n) is 7.69. The third-order valence-electron chi connectivity index (χ3n) is 4.26. The maximum atomic E-state index is 12.5. The molecule has 0 atom stereocenters. The van der Waals surface area contributed by atoms with Crippen LogP contribution < -0.4 is 4.72 Å². The zero-order valence-electron chi connectivity index (χ0n) is 13.4. The van der Waals surface area contributed by atoms with Crippen LogP contribution in [0.25, 0.3) is 0 Å². The van der Waals surface area contributed by atoms with E-state index in [1.165, 1.54) is 5.56 Å². The van der Waals surface area contributed by atoms with Crippen LogP contribution in [0.5, 0.6) is 0 Å². The number of carbonyl (C=O) groups excluding carboxylic acids is 1. The molecule has 2 rings (SSSR count). The van der Waals surface area contributed by atoms with E-state index in [1.54, 1.807) is 11.8 Å². The van der Waals surface area contributed by atoms with E-state index < -0.39 is 10.0 Å². The molecule has 0 aromatic heterocycles. The van der Waals surface area contributed by atoms with Gasteiger partial charge in [0, 0.05) is 24.7 Å².